The average Bonchev–Trinajstić information content (AvgIpc) is 2.50. The summed E-state index contributed by atoms with van der Waals surface area (Å²) in [6.07, 6.45) is 0. The van der Waals surface area contributed by atoms with Gasteiger partial charge in [0, 0.05) is 11.6 Å². The minimum absolute atomic E-state index is 0.133. The first-order valence-electron chi connectivity index (χ1n) is 6.86. The minimum Gasteiger partial charge on any atom is -0.497 e. The molecule has 112 valence electrons. The van der Waals surface area contributed by atoms with Gasteiger partial charge in [-0.25, -0.2) is 5.43 Å². The van der Waals surface area contributed by atoms with Crippen molar-refractivity contribution in [3.8, 4) is 11.5 Å². The quantitative estimate of drug-likeness (QED) is 0.655. The van der Waals surface area contributed by atoms with Crippen LogP contribution >= 0.6 is 0 Å². The zero-order chi connectivity index (χ0) is 15.4. The van der Waals surface area contributed by atoms with Crippen molar-refractivity contribution in [2.45, 2.75) is 19.9 Å². The highest BCUT2D eigenvalue weighted by atomic mass is 16.5. The summed E-state index contributed by atoms with van der Waals surface area (Å²) in [6.45, 7) is 4.16. The lowest BCUT2D eigenvalue weighted by Crippen LogP contribution is -2.29. The van der Waals surface area contributed by atoms with Crippen LogP contribution in [0.25, 0.3) is 0 Å². The Morgan fingerprint density at radius 3 is 2.24 bits per heavy atom. The number of hydrogen-bond acceptors (Lipinski definition) is 4. The Bertz CT molecular complexity index is 626. The Labute approximate surface area is 125 Å². The van der Waals surface area contributed by atoms with Crippen LogP contribution in [0.2, 0.25) is 0 Å². The molecule has 0 aliphatic carbocycles. The van der Waals surface area contributed by atoms with E-state index in [1.165, 1.54) is 11.1 Å². The van der Waals surface area contributed by atoms with E-state index in [0.29, 0.717) is 0 Å². The van der Waals surface area contributed by atoms with Crippen molar-refractivity contribution in [3.63, 3.8) is 0 Å². The first kappa shape index (κ1) is 15.4. The molecule has 0 spiro atoms. The van der Waals surface area contributed by atoms with Crippen molar-refractivity contribution in [2.24, 2.45) is 5.84 Å². The molecule has 21 heavy (non-hydrogen) atoms. The van der Waals surface area contributed by atoms with Crippen molar-refractivity contribution in [3.05, 3.63) is 58.7 Å². The van der Waals surface area contributed by atoms with Gasteiger partial charge in [0.1, 0.15) is 11.5 Å². The molecule has 1 unspecified atom stereocenters. The van der Waals surface area contributed by atoms with Gasteiger partial charge in [-0.15, -0.1) is 0 Å². The Morgan fingerprint density at radius 1 is 0.952 bits per heavy atom. The number of nitrogens with one attached hydrogen (secondary N) is 1. The second-order valence-electron chi connectivity index (χ2n) is 5.07. The Kier molecular flexibility index (Phi) is 4.83. The first-order valence-corrected chi connectivity index (χ1v) is 6.86. The fraction of sp³-hybridized carbons (Fsp3) is 0.294. The Hall–Kier alpha value is -2.04. The second-order valence-corrected chi connectivity index (χ2v) is 5.07. The summed E-state index contributed by atoms with van der Waals surface area (Å²) in [5.74, 6) is 7.31. The van der Waals surface area contributed by atoms with Gasteiger partial charge < -0.3 is 9.47 Å². The van der Waals surface area contributed by atoms with E-state index in [-0.39, 0.29) is 6.04 Å². The second kappa shape index (κ2) is 6.61. The number of hydrogen-bond donors (Lipinski definition) is 2. The van der Waals surface area contributed by atoms with Crippen molar-refractivity contribution >= 4 is 0 Å². The Balaban J connectivity index is 2.50. The van der Waals surface area contributed by atoms with Gasteiger partial charge in [0.25, 0.3) is 0 Å². The maximum atomic E-state index is 5.80. The van der Waals surface area contributed by atoms with Gasteiger partial charge in [0.2, 0.25) is 0 Å². The van der Waals surface area contributed by atoms with E-state index in [0.717, 1.165) is 22.6 Å². The lowest BCUT2D eigenvalue weighted by molar-refractivity contribution is 0.387. The highest BCUT2D eigenvalue weighted by Crippen LogP contribution is 2.33. The fourth-order valence-corrected chi connectivity index (χ4v) is 2.55. The van der Waals surface area contributed by atoms with Crippen LogP contribution in [0.15, 0.2) is 36.4 Å². The van der Waals surface area contributed by atoms with Gasteiger partial charge >= 0.3 is 0 Å². The molecular formula is C17H22N2O2. The van der Waals surface area contributed by atoms with Crippen molar-refractivity contribution in [2.75, 3.05) is 14.2 Å². The van der Waals surface area contributed by atoms with Crippen molar-refractivity contribution in [1.82, 2.24) is 5.43 Å². The molecular weight excluding hydrogens is 264 g/mol. The van der Waals surface area contributed by atoms with Crippen LogP contribution in [-0.4, -0.2) is 14.2 Å². The molecule has 0 aromatic heterocycles. The molecule has 0 saturated carbocycles. The number of hydrazine groups is 1. The van der Waals surface area contributed by atoms with Crippen LogP contribution in [0.4, 0.5) is 0 Å². The van der Waals surface area contributed by atoms with Crippen LogP contribution in [0.1, 0.15) is 28.3 Å². The van der Waals surface area contributed by atoms with Crippen LogP contribution in [0, 0.1) is 13.8 Å². The first-order chi connectivity index (χ1) is 10.1. The minimum atomic E-state index is -0.133. The number of nitrogens with two attached hydrogens (primary N) is 1. The van der Waals surface area contributed by atoms with E-state index in [4.69, 9.17) is 15.3 Å². The van der Waals surface area contributed by atoms with Gasteiger partial charge in [-0.05, 0) is 37.1 Å². The number of aryl methyl sites for hydroxylation is 2. The number of ether oxygens (including phenoxy) is 2. The van der Waals surface area contributed by atoms with E-state index < -0.39 is 0 Å². The highest BCUT2D eigenvalue weighted by Gasteiger charge is 2.19. The van der Waals surface area contributed by atoms with Gasteiger partial charge in [-0.2, -0.15) is 0 Å². The van der Waals surface area contributed by atoms with E-state index in [2.05, 4.69) is 37.5 Å². The SMILES string of the molecule is COc1ccc(C(NN)c2ccc(C)cc2C)c(OC)c1. The molecule has 0 amide bonds. The fourth-order valence-electron chi connectivity index (χ4n) is 2.55. The molecule has 0 fully saturated rings. The molecule has 1 atom stereocenters. The predicted molar refractivity (Wildman–Crippen MR) is 84.6 cm³/mol. The molecule has 0 aliphatic heterocycles. The molecule has 0 bridgehead atoms. The maximum absolute atomic E-state index is 5.80. The Morgan fingerprint density at radius 2 is 1.67 bits per heavy atom. The highest BCUT2D eigenvalue weighted by molar-refractivity contribution is 5.47. The van der Waals surface area contributed by atoms with Crippen LogP contribution in [0.3, 0.4) is 0 Å². The topological polar surface area (TPSA) is 56.5 Å². The molecule has 0 aliphatic rings. The number of rotatable bonds is 5. The molecule has 0 heterocycles. The molecule has 4 nitrogen and oxygen atoms in total. The zero-order valence-corrected chi connectivity index (χ0v) is 12.9. The van der Waals surface area contributed by atoms with E-state index in [9.17, 15) is 0 Å². The summed E-state index contributed by atoms with van der Waals surface area (Å²) in [5, 5.41) is 0. The third kappa shape index (κ3) is 3.17. The lowest BCUT2D eigenvalue weighted by Gasteiger charge is -2.22. The van der Waals surface area contributed by atoms with Crippen LogP contribution in [-0.2, 0) is 0 Å². The smallest absolute Gasteiger partial charge is 0.127 e. The standard InChI is InChI=1S/C17H22N2O2/c1-11-5-7-14(12(2)9-11)17(19-18)15-8-6-13(20-3)10-16(15)21-4/h5-10,17,19H,18H2,1-4H3. The molecule has 4 heteroatoms. The van der Waals surface area contributed by atoms with Crippen molar-refractivity contribution < 1.29 is 9.47 Å². The molecule has 2 rings (SSSR count). The summed E-state index contributed by atoms with van der Waals surface area (Å²) in [5.41, 5.74) is 7.42. The zero-order valence-electron chi connectivity index (χ0n) is 12.9. The monoisotopic (exact) mass is 286 g/mol. The van der Waals surface area contributed by atoms with Gasteiger partial charge in [-0.3, -0.25) is 5.84 Å². The van der Waals surface area contributed by atoms with Gasteiger partial charge in [-0.1, -0.05) is 23.8 Å². The summed E-state index contributed by atoms with van der Waals surface area (Å²) in [6, 6.07) is 11.9. The molecule has 2 aromatic carbocycles. The summed E-state index contributed by atoms with van der Waals surface area (Å²) < 4.78 is 10.7. The molecule has 0 radical (unpaired) electrons. The summed E-state index contributed by atoms with van der Waals surface area (Å²) in [7, 11) is 3.28. The number of benzene rings is 2. The molecule has 2 aromatic rings. The van der Waals surface area contributed by atoms with Crippen LogP contribution in [0.5, 0.6) is 11.5 Å². The molecule has 3 N–H and O–H groups in total. The largest absolute Gasteiger partial charge is 0.497 e. The van der Waals surface area contributed by atoms with E-state index in [1.54, 1.807) is 14.2 Å². The normalized spacial score (nSPS) is 12.0. The van der Waals surface area contributed by atoms with Gasteiger partial charge in [0.05, 0.1) is 20.3 Å². The predicted octanol–water partition coefficient (Wildman–Crippen LogP) is 2.87. The van der Waals surface area contributed by atoms with E-state index in [1.807, 2.05) is 18.2 Å². The third-order valence-electron chi connectivity index (χ3n) is 3.65. The summed E-state index contributed by atoms with van der Waals surface area (Å²) in [4.78, 5) is 0. The van der Waals surface area contributed by atoms with Gasteiger partial charge in [0.15, 0.2) is 0 Å². The van der Waals surface area contributed by atoms with Crippen LogP contribution < -0.4 is 20.7 Å². The maximum Gasteiger partial charge on any atom is 0.127 e. The number of methoxy groups -OCH3 is 2. The van der Waals surface area contributed by atoms with E-state index >= 15 is 0 Å². The summed E-state index contributed by atoms with van der Waals surface area (Å²) >= 11 is 0. The third-order valence-corrected chi connectivity index (χ3v) is 3.65. The van der Waals surface area contributed by atoms with Crippen molar-refractivity contribution in [1.29, 1.82) is 0 Å². The lowest BCUT2D eigenvalue weighted by atomic mass is 9.93. The molecule has 0 saturated heterocycles. The average molecular weight is 286 g/mol.